The van der Waals surface area contributed by atoms with Crippen LogP contribution in [0.15, 0.2) is 0 Å². The lowest BCUT2D eigenvalue weighted by molar-refractivity contribution is -0.0311. The van der Waals surface area contributed by atoms with Gasteiger partial charge in [0.2, 0.25) is 0 Å². The maximum atomic E-state index is 9.92. The molecule has 1 saturated carbocycles. The topological polar surface area (TPSA) is 50.7 Å². The van der Waals surface area contributed by atoms with E-state index in [0.29, 0.717) is 24.5 Å². The fourth-order valence-electron chi connectivity index (χ4n) is 2.73. The Labute approximate surface area is 128 Å². The SMILES string of the molecule is COCC(C)OCC(O)CNCC1(SC)CCCCC1. The lowest BCUT2D eigenvalue weighted by Gasteiger charge is -2.36. The summed E-state index contributed by atoms with van der Waals surface area (Å²) in [5, 5.41) is 13.3. The van der Waals surface area contributed by atoms with Crippen LogP contribution in [0.3, 0.4) is 0 Å². The molecule has 0 aliphatic heterocycles. The number of nitrogens with one attached hydrogen (secondary N) is 1. The van der Waals surface area contributed by atoms with Crippen molar-refractivity contribution in [3.05, 3.63) is 0 Å². The van der Waals surface area contributed by atoms with Gasteiger partial charge in [0.15, 0.2) is 0 Å². The Balaban J connectivity index is 2.15. The zero-order chi connectivity index (χ0) is 14.8. The van der Waals surface area contributed by atoms with Gasteiger partial charge in [-0.2, -0.15) is 11.8 Å². The highest BCUT2D eigenvalue weighted by atomic mass is 32.2. The fraction of sp³-hybridized carbons (Fsp3) is 1.00. The van der Waals surface area contributed by atoms with Crippen molar-refractivity contribution in [1.29, 1.82) is 0 Å². The number of aliphatic hydroxyl groups excluding tert-OH is 1. The molecule has 1 rings (SSSR count). The van der Waals surface area contributed by atoms with E-state index in [9.17, 15) is 5.11 Å². The van der Waals surface area contributed by atoms with Gasteiger partial charge in [-0.25, -0.2) is 0 Å². The lowest BCUT2D eigenvalue weighted by atomic mass is 9.88. The highest BCUT2D eigenvalue weighted by Crippen LogP contribution is 2.37. The van der Waals surface area contributed by atoms with E-state index < -0.39 is 6.10 Å². The fourth-order valence-corrected chi connectivity index (χ4v) is 3.68. The van der Waals surface area contributed by atoms with Gasteiger partial charge in [-0.3, -0.25) is 0 Å². The molecular formula is C15H31NO3S. The minimum absolute atomic E-state index is 0.0329. The summed E-state index contributed by atoms with van der Waals surface area (Å²) < 4.78 is 10.9. The summed E-state index contributed by atoms with van der Waals surface area (Å²) in [5.41, 5.74) is 0. The van der Waals surface area contributed by atoms with Crippen molar-refractivity contribution >= 4 is 11.8 Å². The second-order valence-electron chi connectivity index (χ2n) is 5.83. The first kappa shape index (κ1) is 18.2. The Morgan fingerprint density at radius 3 is 2.55 bits per heavy atom. The number of methoxy groups -OCH3 is 1. The molecule has 0 amide bonds. The van der Waals surface area contributed by atoms with Crippen molar-refractivity contribution in [2.24, 2.45) is 0 Å². The number of thioether (sulfide) groups is 1. The predicted molar refractivity (Wildman–Crippen MR) is 85.5 cm³/mol. The standard InChI is InChI=1S/C15H31NO3S/c1-13(10-18-2)19-11-14(17)9-16-12-15(20-3)7-5-4-6-8-15/h13-14,16-17H,4-12H2,1-3H3. The minimum Gasteiger partial charge on any atom is -0.389 e. The molecule has 5 heteroatoms. The summed E-state index contributed by atoms with van der Waals surface area (Å²) in [6.07, 6.45) is 8.42. The van der Waals surface area contributed by atoms with Gasteiger partial charge in [0, 0.05) is 24.9 Å². The van der Waals surface area contributed by atoms with Crippen LogP contribution in [0.4, 0.5) is 0 Å². The molecule has 120 valence electrons. The molecule has 0 radical (unpaired) electrons. The number of rotatable bonds is 10. The number of ether oxygens (including phenoxy) is 2. The van der Waals surface area contributed by atoms with Gasteiger partial charge in [-0.15, -0.1) is 0 Å². The third-order valence-electron chi connectivity index (χ3n) is 4.00. The van der Waals surface area contributed by atoms with Crippen molar-refractivity contribution in [1.82, 2.24) is 5.32 Å². The first-order valence-corrected chi connectivity index (χ1v) is 8.89. The van der Waals surface area contributed by atoms with E-state index in [1.165, 1.54) is 32.1 Å². The maximum absolute atomic E-state index is 9.92. The van der Waals surface area contributed by atoms with Gasteiger partial charge in [0.25, 0.3) is 0 Å². The summed E-state index contributed by atoms with van der Waals surface area (Å²) >= 11 is 1.98. The molecule has 4 nitrogen and oxygen atoms in total. The summed E-state index contributed by atoms with van der Waals surface area (Å²) in [5.74, 6) is 0. The second-order valence-corrected chi connectivity index (χ2v) is 7.11. The number of hydrogen-bond acceptors (Lipinski definition) is 5. The molecule has 1 aliphatic rings. The largest absolute Gasteiger partial charge is 0.389 e. The first-order chi connectivity index (χ1) is 9.62. The van der Waals surface area contributed by atoms with Crippen molar-refractivity contribution in [2.45, 2.75) is 56.0 Å². The molecule has 2 N–H and O–H groups in total. The lowest BCUT2D eigenvalue weighted by Crippen LogP contribution is -2.42. The maximum Gasteiger partial charge on any atom is 0.0897 e. The Bertz CT molecular complexity index is 247. The summed E-state index contributed by atoms with van der Waals surface area (Å²) in [6, 6.07) is 0. The van der Waals surface area contributed by atoms with Crippen LogP contribution in [-0.2, 0) is 9.47 Å². The van der Waals surface area contributed by atoms with Crippen LogP contribution in [0.1, 0.15) is 39.0 Å². The van der Waals surface area contributed by atoms with E-state index in [1.54, 1.807) is 7.11 Å². The molecule has 2 unspecified atom stereocenters. The van der Waals surface area contributed by atoms with Crippen LogP contribution in [0.5, 0.6) is 0 Å². The quantitative estimate of drug-likeness (QED) is 0.647. The summed E-state index contributed by atoms with van der Waals surface area (Å²) in [6.45, 7) is 4.47. The smallest absolute Gasteiger partial charge is 0.0897 e. The Hall–Kier alpha value is 0.190. The zero-order valence-corrected chi connectivity index (χ0v) is 14.0. The van der Waals surface area contributed by atoms with E-state index in [2.05, 4.69) is 11.6 Å². The van der Waals surface area contributed by atoms with Gasteiger partial charge >= 0.3 is 0 Å². The van der Waals surface area contributed by atoms with Crippen molar-refractivity contribution in [3.8, 4) is 0 Å². The van der Waals surface area contributed by atoms with Crippen LogP contribution in [0, 0.1) is 0 Å². The van der Waals surface area contributed by atoms with E-state index in [1.807, 2.05) is 18.7 Å². The Morgan fingerprint density at radius 1 is 1.25 bits per heavy atom. The van der Waals surface area contributed by atoms with E-state index in [4.69, 9.17) is 9.47 Å². The normalized spacial score (nSPS) is 21.6. The molecule has 20 heavy (non-hydrogen) atoms. The van der Waals surface area contributed by atoms with Crippen LogP contribution in [0.25, 0.3) is 0 Å². The van der Waals surface area contributed by atoms with Crippen LogP contribution in [0.2, 0.25) is 0 Å². The molecule has 0 heterocycles. The third-order valence-corrected chi connectivity index (χ3v) is 5.42. The van der Waals surface area contributed by atoms with E-state index in [-0.39, 0.29) is 6.10 Å². The molecule has 0 saturated heterocycles. The monoisotopic (exact) mass is 305 g/mol. The van der Waals surface area contributed by atoms with Crippen molar-refractivity contribution in [3.63, 3.8) is 0 Å². The molecule has 0 aromatic rings. The van der Waals surface area contributed by atoms with Gasteiger partial charge in [-0.05, 0) is 26.0 Å². The van der Waals surface area contributed by atoms with Gasteiger partial charge in [0.1, 0.15) is 0 Å². The van der Waals surface area contributed by atoms with Crippen LogP contribution in [-0.4, -0.2) is 61.7 Å². The summed E-state index contributed by atoms with van der Waals surface area (Å²) in [4.78, 5) is 0. The van der Waals surface area contributed by atoms with Gasteiger partial charge in [0.05, 0.1) is 25.4 Å². The molecule has 0 spiro atoms. The molecule has 0 bridgehead atoms. The minimum atomic E-state index is -0.447. The average Bonchev–Trinajstić information content (AvgIpc) is 2.46. The zero-order valence-electron chi connectivity index (χ0n) is 13.2. The third kappa shape index (κ3) is 6.76. The molecule has 1 fully saturated rings. The molecule has 0 aromatic heterocycles. The van der Waals surface area contributed by atoms with Crippen molar-refractivity contribution in [2.75, 3.05) is 39.7 Å². The Morgan fingerprint density at radius 2 is 1.95 bits per heavy atom. The van der Waals surface area contributed by atoms with E-state index in [0.717, 1.165) is 6.54 Å². The predicted octanol–water partition coefficient (Wildman–Crippen LogP) is 2.05. The van der Waals surface area contributed by atoms with E-state index >= 15 is 0 Å². The van der Waals surface area contributed by atoms with Crippen molar-refractivity contribution < 1.29 is 14.6 Å². The number of hydrogen-bond donors (Lipinski definition) is 2. The second kappa shape index (κ2) is 10.0. The molecular weight excluding hydrogens is 274 g/mol. The summed E-state index contributed by atoms with van der Waals surface area (Å²) in [7, 11) is 1.66. The van der Waals surface area contributed by atoms with Crippen LogP contribution >= 0.6 is 11.8 Å². The Kier molecular flexibility index (Phi) is 9.13. The highest BCUT2D eigenvalue weighted by molar-refractivity contribution is 8.00. The molecule has 2 atom stereocenters. The molecule has 0 aromatic carbocycles. The van der Waals surface area contributed by atoms with Crippen LogP contribution < -0.4 is 5.32 Å². The average molecular weight is 305 g/mol. The van der Waals surface area contributed by atoms with Gasteiger partial charge in [-0.1, -0.05) is 19.3 Å². The highest BCUT2D eigenvalue weighted by Gasteiger charge is 2.30. The number of aliphatic hydroxyl groups is 1. The molecule has 1 aliphatic carbocycles. The first-order valence-electron chi connectivity index (χ1n) is 7.66. The van der Waals surface area contributed by atoms with Gasteiger partial charge < -0.3 is 19.9 Å².